The van der Waals surface area contributed by atoms with Crippen LogP contribution in [0, 0.1) is 0 Å². The van der Waals surface area contributed by atoms with Gasteiger partial charge in [-0.2, -0.15) is 0 Å². The molecule has 2 heteroatoms. The van der Waals surface area contributed by atoms with Gasteiger partial charge in [-0.1, -0.05) is 109 Å². The fraction of sp³-hybridized carbons (Fsp3) is 0. The highest BCUT2D eigenvalue weighted by atomic mass is 14.8. The van der Waals surface area contributed by atoms with Gasteiger partial charge in [0.1, 0.15) is 0 Å². The molecule has 0 radical (unpaired) electrons. The zero-order valence-corrected chi connectivity index (χ0v) is 21.6. The fourth-order valence-corrected chi connectivity index (χ4v) is 6.69. The molecule has 0 bridgehead atoms. The first-order valence-corrected chi connectivity index (χ1v) is 13.7. The summed E-state index contributed by atoms with van der Waals surface area (Å²) < 4.78 is 0. The van der Waals surface area contributed by atoms with Crippen LogP contribution in [-0.2, 0) is 0 Å². The van der Waals surface area contributed by atoms with Gasteiger partial charge in [0.25, 0.3) is 0 Å². The number of pyridine rings is 2. The Balaban J connectivity index is 1.52. The van der Waals surface area contributed by atoms with Gasteiger partial charge in [0.05, 0.1) is 16.7 Å². The van der Waals surface area contributed by atoms with Crippen LogP contribution in [0.1, 0.15) is 0 Å². The first kappa shape index (κ1) is 21.6. The van der Waals surface area contributed by atoms with E-state index in [-0.39, 0.29) is 0 Å². The van der Waals surface area contributed by atoms with Crippen LogP contribution in [0.4, 0.5) is 0 Å². The Morgan fingerprint density at radius 1 is 0.375 bits per heavy atom. The maximum absolute atomic E-state index is 5.26. The van der Waals surface area contributed by atoms with E-state index in [4.69, 9.17) is 9.97 Å². The Morgan fingerprint density at radius 3 is 1.68 bits per heavy atom. The minimum absolute atomic E-state index is 0.939. The lowest BCUT2D eigenvalue weighted by Crippen LogP contribution is -1.92. The quantitative estimate of drug-likeness (QED) is 0.207. The van der Waals surface area contributed by atoms with E-state index >= 15 is 0 Å². The van der Waals surface area contributed by atoms with E-state index in [9.17, 15) is 0 Å². The summed E-state index contributed by atoms with van der Waals surface area (Å²) in [6.45, 7) is 0. The number of aromatic nitrogens is 2. The minimum Gasteiger partial charge on any atom is -0.254 e. The van der Waals surface area contributed by atoms with Gasteiger partial charge in [-0.15, -0.1) is 0 Å². The number of fused-ring (bicyclic) bond motifs is 8. The van der Waals surface area contributed by atoms with E-state index in [1.54, 1.807) is 0 Å². The van der Waals surface area contributed by atoms with Gasteiger partial charge < -0.3 is 0 Å². The predicted octanol–water partition coefficient (Wildman–Crippen LogP) is 10.2. The van der Waals surface area contributed by atoms with Gasteiger partial charge in [0, 0.05) is 22.5 Å². The van der Waals surface area contributed by atoms with Crippen molar-refractivity contribution >= 4 is 75.7 Å². The van der Waals surface area contributed by atoms with Crippen molar-refractivity contribution in [2.75, 3.05) is 0 Å². The lowest BCUT2D eigenvalue weighted by Gasteiger charge is -2.16. The number of hydrogen-bond acceptors (Lipinski definition) is 2. The Hall–Kier alpha value is -5.34. The van der Waals surface area contributed by atoms with E-state index < -0.39 is 0 Å². The second-order valence-electron chi connectivity index (χ2n) is 10.6. The summed E-state index contributed by atoms with van der Waals surface area (Å²) in [4.78, 5) is 9.96. The third kappa shape index (κ3) is 2.93. The summed E-state index contributed by atoms with van der Waals surface area (Å²) in [5, 5.41) is 14.8. The van der Waals surface area contributed by atoms with E-state index in [2.05, 4.69) is 121 Å². The Kier molecular flexibility index (Phi) is 4.36. The summed E-state index contributed by atoms with van der Waals surface area (Å²) >= 11 is 0. The largest absolute Gasteiger partial charge is 0.254 e. The van der Waals surface area contributed by atoms with Crippen molar-refractivity contribution in [3.63, 3.8) is 0 Å². The molecule has 0 aliphatic rings. The van der Waals surface area contributed by atoms with E-state index in [0.29, 0.717) is 0 Å². The Morgan fingerprint density at radius 2 is 0.925 bits per heavy atom. The van der Waals surface area contributed by atoms with Gasteiger partial charge in [-0.3, -0.25) is 4.98 Å². The van der Waals surface area contributed by atoms with Gasteiger partial charge in [0.2, 0.25) is 0 Å². The molecule has 40 heavy (non-hydrogen) atoms. The van der Waals surface area contributed by atoms with Crippen molar-refractivity contribution in [2.24, 2.45) is 0 Å². The van der Waals surface area contributed by atoms with Crippen LogP contribution in [0.5, 0.6) is 0 Å². The van der Waals surface area contributed by atoms with Crippen molar-refractivity contribution in [3.05, 3.63) is 134 Å². The summed E-state index contributed by atoms with van der Waals surface area (Å²) in [5.41, 5.74) is 3.98. The number of rotatable bonds is 1. The SMILES string of the molecule is c1cnc2c(c1)ccc1ccc(-c3cc4cccc5c6ccccc6c6ccccc6c6cccc3c6c45)nc12. The van der Waals surface area contributed by atoms with E-state index in [0.717, 1.165) is 33.1 Å². The average Bonchev–Trinajstić information content (AvgIpc) is 3.03. The number of hydrogen-bond donors (Lipinski definition) is 0. The van der Waals surface area contributed by atoms with Crippen molar-refractivity contribution < 1.29 is 0 Å². The third-order valence-corrected chi connectivity index (χ3v) is 8.43. The normalized spacial score (nSPS) is 12.0. The molecule has 0 saturated heterocycles. The molecule has 2 nitrogen and oxygen atoms in total. The van der Waals surface area contributed by atoms with Crippen LogP contribution < -0.4 is 0 Å². The first-order valence-electron chi connectivity index (χ1n) is 13.7. The molecule has 184 valence electrons. The summed E-state index contributed by atoms with van der Waals surface area (Å²) in [6.07, 6.45) is 1.85. The van der Waals surface area contributed by atoms with E-state index in [1.165, 1.54) is 53.9 Å². The van der Waals surface area contributed by atoms with E-state index in [1.807, 2.05) is 12.3 Å². The van der Waals surface area contributed by atoms with Crippen LogP contribution in [0.25, 0.3) is 86.9 Å². The lowest BCUT2D eigenvalue weighted by molar-refractivity contribution is 1.37. The third-order valence-electron chi connectivity index (χ3n) is 8.43. The molecule has 9 aromatic rings. The maximum atomic E-state index is 5.26. The highest BCUT2D eigenvalue weighted by molar-refractivity contribution is 6.34. The van der Waals surface area contributed by atoms with Crippen molar-refractivity contribution in [1.29, 1.82) is 0 Å². The molecule has 0 spiro atoms. The topological polar surface area (TPSA) is 25.8 Å². The van der Waals surface area contributed by atoms with Gasteiger partial charge >= 0.3 is 0 Å². The second-order valence-corrected chi connectivity index (χ2v) is 10.6. The fourth-order valence-electron chi connectivity index (χ4n) is 6.69. The Labute approximate surface area is 230 Å². The van der Waals surface area contributed by atoms with Crippen molar-refractivity contribution in [1.82, 2.24) is 9.97 Å². The summed E-state index contributed by atoms with van der Waals surface area (Å²) in [6, 6.07) is 46.1. The molecule has 0 atom stereocenters. The molecular formula is C38H22N2. The van der Waals surface area contributed by atoms with Crippen LogP contribution >= 0.6 is 0 Å². The monoisotopic (exact) mass is 506 g/mol. The number of benzene rings is 6. The average molecular weight is 507 g/mol. The van der Waals surface area contributed by atoms with Gasteiger partial charge in [-0.05, 0) is 72.1 Å². The van der Waals surface area contributed by atoms with Crippen LogP contribution in [0.2, 0.25) is 0 Å². The zero-order valence-electron chi connectivity index (χ0n) is 21.6. The highest BCUT2D eigenvalue weighted by Gasteiger charge is 2.16. The molecule has 0 unspecified atom stereocenters. The standard InChI is InChI=1S/C38H22N2/c1-3-12-28-26(10-1)27-11-2-4-13-29(27)31-15-6-16-32-33(22-25-8-5-14-30(28)35(25)36(31)32)34-20-19-24-18-17-23-9-7-21-39-37(23)38(24)40-34/h1-22H. The zero-order chi connectivity index (χ0) is 26.2. The maximum Gasteiger partial charge on any atom is 0.0972 e. The van der Waals surface area contributed by atoms with Crippen molar-refractivity contribution in [3.8, 4) is 11.3 Å². The molecule has 2 aromatic heterocycles. The van der Waals surface area contributed by atoms with Crippen LogP contribution in [0.3, 0.4) is 0 Å². The first-order chi connectivity index (χ1) is 19.8. The molecule has 2 heterocycles. The number of nitrogens with zero attached hydrogens (tertiary/aromatic N) is 2. The predicted molar refractivity (Wildman–Crippen MR) is 170 cm³/mol. The van der Waals surface area contributed by atoms with Crippen molar-refractivity contribution in [2.45, 2.75) is 0 Å². The smallest absolute Gasteiger partial charge is 0.0972 e. The van der Waals surface area contributed by atoms with Crippen LogP contribution in [0.15, 0.2) is 134 Å². The lowest BCUT2D eigenvalue weighted by atomic mass is 9.88. The van der Waals surface area contributed by atoms with Gasteiger partial charge in [-0.25, -0.2) is 4.98 Å². The molecule has 9 rings (SSSR count). The molecule has 0 aliphatic carbocycles. The molecule has 0 N–H and O–H groups in total. The minimum atomic E-state index is 0.939. The molecule has 0 aliphatic heterocycles. The second kappa shape index (κ2) is 8.08. The highest BCUT2D eigenvalue weighted by Crippen LogP contribution is 2.43. The Bertz CT molecular complexity index is 2490. The molecule has 0 saturated carbocycles. The molecule has 0 amide bonds. The molecule has 0 fully saturated rings. The molecule has 7 aromatic carbocycles. The summed E-state index contributed by atoms with van der Waals surface area (Å²) in [5.74, 6) is 0. The van der Waals surface area contributed by atoms with Crippen LogP contribution in [-0.4, -0.2) is 9.97 Å². The van der Waals surface area contributed by atoms with Gasteiger partial charge in [0.15, 0.2) is 0 Å². The molecular weight excluding hydrogens is 484 g/mol. The summed E-state index contributed by atoms with van der Waals surface area (Å²) in [7, 11) is 0.